The molecule has 0 radical (unpaired) electrons. The van der Waals surface area contributed by atoms with Crippen molar-refractivity contribution in [2.45, 2.75) is 38.4 Å². The molecule has 0 atom stereocenters. The van der Waals surface area contributed by atoms with E-state index in [-0.39, 0.29) is 30.8 Å². The van der Waals surface area contributed by atoms with Crippen LogP contribution in [0.15, 0.2) is 6.07 Å². The SMILES string of the molecule is CCNc1cc(N(CCO)C2CCC2)nc(C(F)(F)F)n1. The van der Waals surface area contributed by atoms with Crippen molar-refractivity contribution < 1.29 is 18.3 Å². The first kappa shape index (κ1) is 15.8. The van der Waals surface area contributed by atoms with Gasteiger partial charge in [0.1, 0.15) is 11.6 Å². The third-order valence-electron chi connectivity index (χ3n) is 3.47. The Hall–Kier alpha value is -1.57. The lowest BCUT2D eigenvalue weighted by molar-refractivity contribution is -0.144. The molecule has 8 heteroatoms. The molecule has 0 bridgehead atoms. The van der Waals surface area contributed by atoms with Crippen molar-refractivity contribution in [3.8, 4) is 0 Å². The molecular weight excluding hydrogens is 285 g/mol. The van der Waals surface area contributed by atoms with Gasteiger partial charge in [0.15, 0.2) is 0 Å². The Morgan fingerprint density at radius 1 is 1.38 bits per heavy atom. The molecule has 0 spiro atoms. The van der Waals surface area contributed by atoms with Crippen LogP contribution in [0.5, 0.6) is 0 Å². The van der Waals surface area contributed by atoms with Crippen LogP contribution in [0.3, 0.4) is 0 Å². The summed E-state index contributed by atoms with van der Waals surface area (Å²) < 4.78 is 38.7. The van der Waals surface area contributed by atoms with Crippen LogP contribution in [-0.4, -0.2) is 40.8 Å². The minimum atomic E-state index is -4.59. The standard InChI is InChI=1S/C13H19F3N4O/c1-2-17-10-8-11(19-12(18-10)13(14,15)16)20(6-7-21)9-4-3-5-9/h8-9,21H,2-7H2,1H3,(H,17,18,19). The molecule has 0 amide bonds. The normalized spacial score (nSPS) is 15.7. The Morgan fingerprint density at radius 2 is 2.10 bits per heavy atom. The average Bonchev–Trinajstić information content (AvgIpc) is 2.35. The maximum Gasteiger partial charge on any atom is 0.451 e. The highest BCUT2D eigenvalue weighted by molar-refractivity contribution is 5.50. The number of anilines is 2. The third kappa shape index (κ3) is 3.75. The van der Waals surface area contributed by atoms with Crippen molar-refractivity contribution in [3.05, 3.63) is 11.9 Å². The second-order valence-electron chi connectivity index (χ2n) is 4.96. The first-order valence-electron chi connectivity index (χ1n) is 7.03. The number of nitrogens with zero attached hydrogens (tertiary/aromatic N) is 3. The van der Waals surface area contributed by atoms with Crippen molar-refractivity contribution in [2.75, 3.05) is 29.9 Å². The summed E-state index contributed by atoms with van der Waals surface area (Å²) >= 11 is 0. The van der Waals surface area contributed by atoms with Gasteiger partial charge >= 0.3 is 6.18 Å². The van der Waals surface area contributed by atoms with E-state index in [1.54, 1.807) is 11.8 Å². The van der Waals surface area contributed by atoms with E-state index in [1.807, 2.05) is 0 Å². The predicted octanol–water partition coefficient (Wildman–Crippen LogP) is 2.28. The molecular formula is C13H19F3N4O. The van der Waals surface area contributed by atoms with Crippen LogP contribution >= 0.6 is 0 Å². The van der Waals surface area contributed by atoms with E-state index < -0.39 is 12.0 Å². The summed E-state index contributed by atoms with van der Waals surface area (Å²) in [6, 6.07) is 1.65. The number of aliphatic hydroxyl groups is 1. The van der Waals surface area contributed by atoms with E-state index >= 15 is 0 Å². The van der Waals surface area contributed by atoms with Gasteiger partial charge in [-0.3, -0.25) is 0 Å². The Balaban J connectivity index is 2.37. The summed E-state index contributed by atoms with van der Waals surface area (Å²) in [5.41, 5.74) is 0. The largest absolute Gasteiger partial charge is 0.451 e. The molecule has 118 valence electrons. The highest BCUT2D eigenvalue weighted by atomic mass is 19.4. The Kier molecular flexibility index (Phi) is 4.87. The van der Waals surface area contributed by atoms with E-state index in [0.717, 1.165) is 19.3 Å². The molecule has 1 aromatic rings. The van der Waals surface area contributed by atoms with Crippen molar-refractivity contribution in [2.24, 2.45) is 0 Å². The van der Waals surface area contributed by atoms with Gasteiger partial charge < -0.3 is 15.3 Å². The summed E-state index contributed by atoms with van der Waals surface area (Å²) in [7, 11) is 0. The zero-order valence-electron chi connectivity index (χ0n) is 11.8. The predicted molar refractivity (Wildman–Crippen MR) is 73.3 cm³/mol. The number of alkyl halides is 3. The van der Waals surface area contributed by atoms with E-state index in [4.69, 9.17) is 5.11 Å². The monoisotopic (exact) mass is 304 g/mol. The van der Waals surface area contributed by atoms with Crippen LogP contribution in [-0.2, 0) is 6.18 Å². The molecule has 1 heterocycles. The van der Waals surface area contributed by atoms with Gasteiger partial charge in [-0.15, -0.1) is 0 Å². The van der Waals surface area contributed by atoms with Gasteiger partial charge in [0.05, 0.1) is 6.61 Å². The number of hydrogen-bond acceptors (Lipinski definition) is 5. The molecule has 1 aliphatic rings. The zero-order chi connectivity index (χ0) is 15.5. The average molecular weight is 304 g/mol. The van der Waals surface area contributed by atoms with Gasteiger partial charge in [-0.2, -0.15) is 13.2 Å². The van der Waals surface area contributed by atoms with E-state index in [0.29, 0.717) is 6.54 Å². The Morgan fingerprint density at radius 3 is 2.57 bits per heavy atom. The summed E-state index contributed by atoms with van der Waals surface area (Å²) in [5.74, 6) is -0.790. The topological polar surface area (TPSA) is 61.3 Å². The number of rotatable bonds is 6. The molecule has 5 nitrogen and oxygen atoms in total. The molecule has 2 rings (SSSR count). The lowest BCUT2D eigenvalue weighted by Gasteiger charge is -2.38. The van der Waals surface area contributed by atoms with Crippen molar-refractivity contribution in [3.63, 3.8) is 0 Å². The highest BCUT2D eigenvalue weighted by Gasteiger charge is 2.36. The van der Waals surface area contributed by atoms with Crippen molar-refractivity contribution in [1.82, 2.24) is 9.97 Å². The van der Waals surface area contributed by atoms with Crippen LogP contribution < -0.4 is 10.2 Å². The number of hydrogen-bond donors (Lipinski definition) is 2. The lowest BCUT2D eigenvalue weighted by Crippen LogP contribution is -2.42. The first-order valence-corrected chi connectivity index (χ1v) is 7.03. The number of aromatic nitrogens is 2. The van der Waals surface area contributed by atoms with Crippen LogP contribution in [0.4, 0.5) is 24.8 Å². The minimum absolute atomic E-state index is 0.127. The van der Waals surface area contributed by atoms with E-state index in [1.165, 1.54) is 6.07 Å². The van der Waals surface area contributed by atoms with E-state index in [9.17, 15) is 13.2 Å². The summed E-state index contributed by atoms with van der Waals surface area (Å²) in [5, 5.41) is 11.9. The van der Waals surface area contributed by atoms with Gasteiger partial charge in [-0.05, 0) is 26.2 Å². The fraction of sp³-hybridized carbons (Fsp3) is 0.692. The van der Waals surface area contributed by atoms with Crippen molar-refractivity contribution in [1.29, 1.82) is 0 Å². The molecule has 0 unspecified atom stereocenters. The van der Waals surface area contributed by atoms with Crippen molar-refractivity contribution >= 4 is 11.6 Å². The smallest absolute Gasteiger partial charge is 0.395 e. The fourth-order valence-electron chi connectivity index (χ4n) is 2.27. The van der Waals surface area contributed by atoms with Gasteiger partial charge in [-0.1, -0.05) is 0 Å². The number of aliphatic hydroxyl groups excluding tert-OH is 1. The Bertz CT molecular complexity index is 477. The van der Waals surface area contributed by atoms with Crippen LogP contribution in [0, 0.1) is 0 Å². The van der Waals surface area contributed by atoms with Crippen LogP contribution in [0.2, 0.25) is 0 Å². The second-order valence-corrected chi connectivity index (χ2v) is 4.96. The fourth-order valence-corrected chi connectivity index (χ4v) is 2.27. The molecule has 1 aliphatic carbocycles. The van der Waals surface area contributed by atoms with Crippen LogP contribution in [0.25, 0.3) is 0 Å². The summed E-state index contributed by atoms with van der Waals surface area (Å²) in [6.45, 7) is 2.40. The van der Waals surface area contributed by atoms with Crippen LogP contribution in [0.1, 0.15) is 32.0 Å². The van der Waals surface area contributed by atoms with Gasteiger partial charge in [-0.25, -0.2) is 9.97 Å². The molecule has 0 aromatic carbocycles. The molecule has 21 heavy (non-hydrogen) atoms. The molecule has 2 N–H and O–H groups in total. The van der Waals surface area contributed by atoms with Gasteiger partial charge in [0.25, 0.3) is 0 Å². The van der Waals surface area contributed by atoms with Gasteiger partial charge in [0.2, 0.25) is 5.82 Å². The number of halogens is 3. The highest BCUT2D eigenvalue weighted by Crippen LogP contribution is 2.32. The number of nitrogens with one attached hydrogen (secondary N) is 1. The van der Waals surface area contributed by atoms with E-state index in [2.05, 4.69) is 15.3 Å². The maximum atomic E-state index is 12.9. The third-order valence-corrected chi connectivity index (χ3v) is 3.47. The molecule has 0 saturated heterocycles. The maximum absolute atomic E-state index is 12.9. The zero-order valence-corrected chi connectivity index (χ0v) is 11.8. The molecule has 1 fully saturated rings. The molecule has 1 aromatic heterocycles. The quantitative estimate of drug-likeness (QED) is 0.844. The Labute approximate surface area is 121 Å². The summed E-state index contributed by atoms with van der Waals surface area (Å²) in [6.07, 6.45) is -1.74. The summed E-state index contributed by atoms with van der Waals surface area (Å²) in [4.78, 5) is 8.89. The second kappa shape index (κ2) is 6.46. The molecule has 1 saturated carbocycles. The lowest BCUT2D eigenvalue weighted by atomic mass is 9.91. The molecule has 0 aliphatic heterocycles. The van der Waals surface area contributed by atoms with Gasteiger partial charge in [0, 0.05) is 25.2 Å². The first-order chi connectivity index (χ1) is 9.95. The minimum Gasteiger partial charge on any atom is -0.395 e.